The molecule has 1 aromatic carbocycles. The second kappa shape index (κ2) is 8.12. The minimum Gasteiger partial charge on any atom is -0.347 e. The van der Waals surface area contributed by atoms with Gasteiger partial charge in [-0.3, -0.25) is 9.78 Å². The third-order valence-corrected chi connectivity index (χ3v) is 3.31. The van der Waals surface area contributed by atoms with Gasteiger partial charge in [-0.1, -0.05) is 12.1 Å². The van der Waals surface area contributed by atoms with Crippen LogP contribution in [0.4, 0.5) is 0 Å². The summed E-state index contributed by atoms with van der Waals surface area (Å²) < 4.78 is 0. The molecule has 2 N–H and O–H groups in total. The van der Waals surface area contributed by atoms with Gasteiger partial charge < -0.3 is 10.6 Å². The van der Waals surface area contributed by atoms with Crippen molar-refractivity contribution >= 4 is 41.8 Å². The molecular formula is C14H18Cl2N4O. The summed E-state index contributed by atoms with van der Waals surface area (Å²) >= 11 is 0. The zero-order chi connectivity index (χ0) is 13.1. The number of piperidine rings is 1. The van der Waals surface area contributed by atoms with E-state index in [1.54, 1.807) is 0 Å². The van der Waals surface area contributed by atoms with Gasteiger partial charge in [0.2, 0.25) is 0 Å². The van der Waals surface area contributed by atoms with Crippen molar-refractivity contribution in [1.82, 2.24) is 20.6 Å². The van der Waals surface area contributed by atoms with E-state index in [1.165, 1.54) is 6.20 Å². The average Bonchev–Trinajstić information content (AvgIpc) is 2.48. The zero-order valence-electron chi connectivity index (χ0n) is 11.4. The van der Waals surface area contributed by atoms with Crippen LogP contribution in [0.3, 0.4) is 0 Å². The van der Waals surface area contributed by atoms with Gasteiger partial charge in [-0.2, -0.15) is 0 Å². The van der Waals surface area contributed by atoms with Crippen molar-refractivity contribution < 1.29 is 4.79 Å². The summed E-state index contributed by atoms with van der Waals surface area (Å²) in [6.07, 6.45) is 3.64. The number of benzene rings is 1. The maximum Gasteiger partial charge on any atom is 0.271 e. The maximum atomic E-state index is 12.1. The van der Waals surface area contributed by atoms with Crippen LogP contribution in [0.15, 0.2) is 30.5 Å². The van der Waals surface area contributed by atoms with Crippen molar-refractivity contribution in [2.45, 2.75) is 18.9 Å². The van der Waals surface area contributed by atoms with Crippen molar-refractivity contribution in [1.29, 1.82) is 0 Å². The summed E-state index contributed by atoms with van der Waals surface area (Å²) in [5.74, 6) is -0.146. The molecule has 0 spiro atoms. The molecule has 7 heteroatoms. The smallest absolute Gasteiger partial charge is 0.271 e. The zero-order valence-corrected chi connectivity index (χ0v) is 13.0. The number of amides is 1. The first-order valence-electron chi connectivity index (χ1n) is 6.56. The Balaban J connectivity index is 0.00000110. The quantitative estimate of drug-likeness (QED) is 0.884. The molecule has 1 unspecified atom stereocenters. The third-order valence-electron chi connectivity index (χ3n) is 3.31. The van der Waals surface area contributed by atoms with Crippen LogP contribution in [0.1, 0.15) is 23.3 Å². The fourth-order valence-corrected chi connectivity index (χ4v) is 2.30. The predicted molar refractivity (Wildman–Crippen MR) is 87.4 cm³/mol. The summed E-state index contributed by atoms with van der Waals surface area (Å²) in [6.45, 7) is 1.86. The van der Waals surface area contributed by atoms with E-state index in [0.29, 0.717) is 5.69 Å². The number of aromatic nitrogens is 2. The van der Waals surface area contributed by atoms with E-state index in [9.17, 15) is 4.79 Å². The number of para-hydroxylation sites is 2. The molecule has 1 aromatic heterocycles. The number of carbonyl (C=O) groups excluding carboxylic acids is 1. The number of hydrogen-bond donors (Lipinski definition) is 2. The molecule has 5 nitrogen and oxygen atoms in total. The maximum absolute atomic E-state index is 12.1. The van der Waals surface area contributed by atoms with E-state index >= 15 is 0 Å². The summed E-state index contributed by atoms with van der Waals surface area (Å²) in [7, 11) is 0. The van der Waals surface area contributed by atoms with E-state index in [-0.39, 0.29) is 36.8 Å². The molecule has 1 amide bonds. The fourth-order valence-electron chi connectivity index (χ4n) is 2.30. The van der Waals surface area contributed by atoms with Crippen molar-refractivity contribution in [2.24, 2.45) is 0 Å². The van der Waals surface area contributed by atoms with Gasteiger partial charge >= 0.3 is 0 Å². The lowest BCUT2D eigenvalue weighted by Gasteiger charge is -2.23. The minimum atomic E-state index is -0.146. The monoisotopic (exact) mass is 328 g/mol. The molecule has 3 rings (SSSR count). The molecule has 0 radical (unpaired) electrons. The predicted octanol–water partition coefficient (Wildman–Crippen LogP) is 1.96. The summed E-state index contributed by atoms with van der Waals surface area (Å²) in [5, 5.41) is 6.27. The highest BCUT2D eigenvalue weighted by Crippen LogP contribution is 2.09. The van der Waals surface area contributed by atoms with Crippen LogP contribution in [0, 0.1) is 0 Å². The van der Waals surface area contributed by atoms with Gasteiger partial charge in [0.25, 0.3) is 5.91 Å². The van der Waals surface area contributed by atoms with Crippen molar-refractivity contribution in [3.63, 3.8) is 0 Å². The van der Waals surface area contributed by atoms with Crippen molar-refractivity contribution in [3.8, 4) is 0 Å². The first kappa shape index (κ1) is 17.6. The molecule has 1 aliphatic heterocycles. The highest BCUT2D eigenvalue weighted by Gasteiger charge is 2.17. The standard InChI is InChI=1S/C14H16N4O.2ClH/c19-14(17-10-4-3-7-15-8-10)13-9-16-11-5-1-2-6-12(11)18-13;;/h1-2,5-6,9-10,15H,3-4,7-8H2,(H,17,19);2*1H. The number of fused-ring (bicyclic) bond motifs is 1. The third kappa shape index (κ3) is 4.27. The molecule has 1 fully saturated rings. The Labute approximate surface area is 135 Å². The molecule has 0 bridgehead atoms. The molecule has 0 aliphatic carbocycles. The van der Waals surface area contributed by atoms with E-state index < -0.39 is 0 Å². The molecular weight excluding hydrogens is 311 g/mol. The summed E-state index contributed by atoms with van der Waals surface area (Å²) in [6, 6.07) is 7.74. The van der Waals surface area contributed by atoms with E-state index in [2.05, 4.69) is 20.6 Å². The Kier molecular flexibility index (Phi) is 6.81. The molecule has 2 heterocycles. The molecule has 1 atom stereocenters. The fraction of sp³-hybridized carbons (Fsp3) is 0.357. The normalized spacial score (nSPS) is 17.4. The van der Waals surface area contributed by atoms with Crippen LogP contribution in [0.2, 0.25) is 0 Å². The molecule has 2 aromatic rings. The lowest BCUT2D eigenvalue weighted by atomic mass is 10.1. The molecule has 1 aliphatic rings. The van der Waals surface area contributed by atoms with Crippen LogP contribution in [-0.4, -0.2) is 35.0 Å². The second-order valence-corrected chi connectivity index (χ2v) is 4.76. The lowest BCUT2D eigenvalue weighted by molar-refractivity contribution is 0.0925. The Morgan fingerprint density at radius 1 is 1.24 bits per heavy atom. The summed E-state index contributed by atoms with van der Waals surface area (Å²) in [4.78, 5) is 20.7. The number of halogens is 2. The van der Waals surface area contributed by atoms with Gasteiger partial charge in [0.05, 0.1) is 17.2 Å². The number of carbonyl (C=O) groups is 1. The first-order chi connectivity index (χ1) is 9.33. The van der Waals surface area contributed by atoms with Crippen LogP contribution < -0.4 is 10.6 Å². The van der Waals surface area contributed by atoms with E-state index in [4.69, 9.17) is 0 Å². The minimum absolute atomic E-state index is 0. The van der Waals surface area contributed by atoms with Gasteiger partial charge in [-0.15, -0.1) is 24.8 Å². The van der Waals surface area contributed by atoms with Gasteiger partial charge in [0, 0.05) is 12.6 Å². The molecule has 1 saturated heterocycles. The highest BCUT2D eigenvalue weighted by atomic mass is 35.5. The number of rotatable bonds is 2. The number of nitrogens with zero attached hydrogens (tertiary/aromatic N) is 2. The van der Waals surface area contributed by atoms with Crippen LogP contribution in [-0.2, 0) is 0 Å². The Hall–Kier alpha value is -1.43. The highest BCUT2D eigenvalue weighted by molar-refractivity contribution is 5.93. The van der Waals surface area contributed by atoms with Crippen LogP contribution >= 0.6 is 24.8 Å². The summed E-state index contributed by atoms with van der Waals surface area (Å²) in [5.41, 5.74) is 1.93. The Morgan fingerprint density at radius 2 is 2.00 bits per heavy atom. The van der Waals surface area contributed by atoms with Gasteiger partial charge in [0.15, 0.2) is 0 Å². The van der Waals surface area contributed by atoms with Gasteiger partial charge in [-0.25, -0.2) is 4.98 Å². The molecule has 114 valence electrons. The first-order valence-corrected chi connectivity index (χ1v) is 6.56. The second-order valence-electron chi connectivity index (χ2n) is 4.76. The Bertz CT molecular complexity index is 602. The van der Waals surface area contributed by atoms with Crippen molar-refractivity contribution in [2.75, 3.05) is 13.1 Å². The van der Waals surface area contributed by atoms with E-state index in [0.717, 1.165) is 37.0 Å². The lowest BCUT2D eigenvalue weighted by Crippen LogP contribution is -2.45. The van der Waals surface area contributed by atoms with Crippen molar-refractivity contribution in [3.05, 3.63) is 36.2 Å². The number of hydrogen-bond acceptors (Lipinski definition) is 4. The SMILES string of the molecule is Cl.Cl.O=C(NC1CCCNC1)c1cnc2ccccc2n1. The van der Waals surface area contributed by atoms with Crippen LogP contribution in [0.25, 0.3) is 11.0 Å². The molecule has 21 heavy (non-hydrogen) atoms. The Morgan fingerprint density at radius 3 is 2.71 bits per heavy atom. The van der Waals surface area contributed by atoms with Gasteiger partial charge in [-0.05, 0) is 31.5 Å². The molecule has 0 saturated carbocycles. The number of nitrogens with one attached hydrogen (secondary N) is 2. The largest absolute Gasteiger partial charge is 0.347 e. The van der Waals surface area contributed by atoms with Gasteiger partial charge in [0.1, 0.15) is 5.69 Å². The van der Waals surface area contributed by atoms with Crippen LogP contribution in [0.5, 0.6) is 0 Å². The topological polar surface area (TPSA) is 66.9 Å². The van der Waals surface area contributed by atoms with E-state index in [1.807, 2.05) is 24.3 Å². The average molecular weight is 329 g/mol.